The van der Waals surface area contributed by atoms with Crippen LogP contribution in [0, 0.1) is 17.3 Å². The van der Waals surface area contributed by atoms with E-state index in [9.17, 15) is 13.2 Å². The number of rotatable bonds is 0. The van der Waals surface area contributed by atoms with Gasteiger partial charge in [-0.3, -0.25) is 0 Å². The molecule has 0 amide bonds. The summed E-state index contributed by atoms with van der Waals surface area (Å²) in [6, 6.07) is 0. The van der Waals surface area contributed by atoms with Gasteiger partial charge in [-0.15, -0.1) is 0 Å². The molecule has 72 valence electrons. The molecule has 0 saturated heterocycles. The largest absolute Gasteiger partial charge is 0.392 e. The van der Waals surface area contributed by atoms with Gasteiger partial charge in [0, 0.05) is 0 Å². The maximum Gasteiger partial charge on any atom is 0.392 e. The Morgan fingerprint density at radius 1 is 1.25 bits per heavy atom. The van der Waals surface area contributed by atoms with E-state index in [1.165, 1.54) is 0 Å². The number of alkyl halides is 3. The summed E-state index contributed by atoms with van der Waals surface area (Å²) in [6.45, 7) is 5.14. The molecule has 1 fully saturated rings. The Labute approximate surface area is 71.1 Å². The first-order chi connectivity index (χ1) is 5.25. The average Bonchev–Trinajstić information content (AvgIpc) is 2.03. The zero-order chi connectivity index (χ0) is 9.57. The average molecular weight is 180 g/mol. The Morgan fingerprint density at radius 2 is 1.75 bits per heavy atom. The van der Waals surface area contributed by atoms with Gasteiger partial charge < -0.3 is 0 Å². The molecular weight excluding hydrogens is 165 g/mol. The molecule has 2 unspecified atom stereocenters. The fourth-order valence-corrected chi connectivity index (χ4v) is 2.46. The molecule has 0 aromatic carbocycles. The van der Waals surface area contributed by atoms with Crippen LogP contribution in [0.15, 0.2) is 0 Å². The highest BCUT2D eigenvalue weighted by Gasteiger charge is 2.54. The van der Waals surface area contributed by atoms with E-state index >= 15 is 0 Å². The predicted molar refractivity (Wildman–Crippen MR) is 41.7 cm³/mol. The zero-order valence-electron chi connectivity index (χ0n) is 7.70. The van der Waals surface area contributed by atoms with Crippen molar-refractivity contribution < 1.29 is 13.2 Å². The Balaban J connectivity index is 2.86. The van der Waals surface area contributed by atoms with Crippen LogP contribution in [0.2, 0.25) is 0 Å². The maximum atomic E-state index is 12.5. The second-order valence-electron chi connectivity index (χ2n) is 4.52. The summed E-state index contributed by atoms with van der Waals surface area (Å²) < 4.78 is 37.5. The Morgan fingerprint density at radius 3 is 1.92 bits per heavy atom. The van der Waals surface area contributed by atoms with Crippen molar-refractivity contribution in [2.75, 3.05) is 0 Å². The van der Waals surface area contributed by atoms with Crippen LogP contribution in [-0.2, 0) is 0 Å². The summed E-state index contributed by atoms with van der Waals surface area (Å²) in [7, 11) is 0. The third-order valence-electron chi connectivity index (χ3n) is 3.01. The van der Waals surface area contributed by atoms with E-state index in [-0.39, 0.29) is 5.92 Å². The Bertz CT molecular complexity index is 169. The van der Waals surface area contributed by atoms with Crippen molar-refractivity contribution in [3.8, 4) is 0 Å². The Hall–Kier alpha value is -0.210. The lowest BCUT2D eigenvalue weighted by Crippen LogP contribution is -2.35. The normalized spacial score (nSPS) is 35.5. The highest BCUT2D eigenvalue weighted by molar-refractivity contribution is 4.92. The molecule has 0 N–H and O–H groups in total. The fraction of sp³-hybridized carbons (Fsp3) is 1.00. The van der Waals surface area contributed by atoms with Gasteiger partial charge in [0.25, 0.3) is 0 Å². The van der Waals surface area contributed by atoms with Crippen molar-refractivity contribution in [2.24, 2.45) is 17.3 Å². The summed E-state index contributed by atoms with van der Waals surface area (Å²) in [5.41, 5.74) is -0.558. The third-order valence-corrected chi connectivity index (χ3v) is 3.01. The number of hydrogen-bond acceptors (Lipinski definition) is 0. The molecule has 0 aromatic heterocycles. The SMILES string of the molecule is CC1CCC(C)(C)C1C(F)(F)F. The van der Waals surface area contributed by atoms with Crippen molar-refractivity contribution in [1.82, 2.24) is 0 Å². The first-order valence-electron chi connectivity index (χ1n) is 4.32. The fourth-order valence-electron chi connectivity index (χ4n) is 2.46. The molecule has 1 rings (SSSR count). The maximum absolute atomic E-state index is 12.5. The number of hydrogen-bond donors (Lipinski definition) is 0. The molecule has 0 aromatic rings. The molecule has 1 aliphatic rings. The molecule has 3 heteroatoms. The molecule has 0 aliphatic heterocycles. The lowest BCUT2D eigenvalue weighted by molar-refractivity contribution is -0.205. The van der Waals surface area contributed by atoms with Gasteiger partial charge in [-0.2, -0.15) is 13.2 Å². The summed E-state index contributed by atoms with van der Waals surface area (Å²) in [5.74, 6) is -1.31. The summed E-state index contributed by atoms with van der Waals surface area (Å²) in [6.07, 6.45) is -2.62. The van der Waals surface area contributed by atoms with Crippen molar-refractivity contribution >= 4 is 0 Å². The van der Waals surface area contributed by atoms with Crippen molar-refractivity contribution in [3.63, 3.8) is 0 Å². The van der Waals surface area contributed by atoms with Gasteiger partial charge in [0.15, 0.2) is 0 Å². The molecular formula is C9H15F3. The van der Waals surface area contributed by atoms with Crippen LogP contribution in [0.4, 0.5) is 13.2 Å². The van der Waals surface area contributed by atoms with Gasteiger partial charge in [0.2, 0.25) is 0 Å². The van der Waals surface area contributed by atoms with Crippen molar-refractivity contribution in [3.05, 3.63) is 0 Å². The van der Waals surface area contributed by atoms with Gasteiger partial charge in [-0.05, 0) is 24.2 Å². The van der Waals surface area contributed by atoms with Crippen LogP contribution >= 0.6 is 0 Å². The van der Waals surface area contributed by atoms with E-state index in [2.05, 4.69) is 0 Å². The van der Waals surface area contributed by atoms with Crippen molar-refractivity contribution in [1.29, 1.82) is 0 Å². The third kappa shape index (κ3) is 1.59. The minimum Gasteiger partial charge on any atom is -0.171 e. The van der Waals surface area contributed by atoms with Gasteiger partial charge in [-0.25, -0.2) is 0 Å². The second-order valence-corrected chi connectivity index (χ2v) is 4.52. The molecule has 0 spiro atoms. The van der Waals surface area contributed by atoms with Crippen LogP contribution < -0.4 is 0 Å². The van der Waals surface area contributed by atoms with E-state index in [1.807, 2.05) is 0 Å². The van der Waals surface area contributed by atoms with E-state index in [1.54, 1.807) is 20.8 Å². The summed E-state index contributed by atoms with van der Waals surface area (Å²) in [5, 5.41) is 0. The topological polar surface area (TPSA) is 0 Å². The quantitative estimate of drug-likeness (QED) is 0.534. The molecule has 2 atom stereocenters. The van der Waals surface area contributed by atoms with Crippen LogP contribution in [0.25, 0.3) is 0 Å². The van der Waals surface area contributed by atoms with E-state index in [4.69, 9.17) is 0 Å². The lowest BCUT2D eigenvalue weighted by atomic mass is 9.79. The smallest absolute Gasteiger partial charge is 0.171 e. The lowest BCUT2D eigenvalue weighted by Gasteiger charge is -2.31. The Kier molecular flexibility index (Phi) is 2.17. The molecule has 1 saturated carbocycles. The first kappa shape index (κ1) is 9.87. The van der Waals surface area contributed by atoms with Crippen LogP contribution in [0.3, 0.4) is 0 Å². The van der Waals surface area contributed by atoms with E-state index in [0.29, 0.717) is 12.8 Å². The van der Waals surface area contributed by atoms with E-state index < -0.39 is 17.5 Å². The van der Waals surface area contributed by atoms with Gasteiger partial charge in [0.1, 0.15) is 0 Å². The molecule has 0 heterocycles. The summed E-state index contributed by atoms with van der Waals surface area (Å²) in [4.78, 5) is 0. The molecule has 0 bridgehead atoms. The van der Waals surface area contributed by atoms with Gasteiger partial charge in [0.05, 0.1) is 5.92 Å². The predicted octanol–water partition coefficient (Wildman–Crippen LogP) is 3.62. The molecule has 0 nitrogen and oxygen atoms in total. The zero-order valence-corrected chi connectivity index (χ0v) is 7.70. The highest BCUT2D eigenvalue weighted by Crippen LogP contribution is 2.53. The summed E-state index contributed by atoms with van der Waals surface area (Å²) >= 11 is 0. The van der Waals surface area contributed by atoms with E-state index in [0.717, 1.165) is 0 Å². The minimum absolute atomic E-state index is 0.208. The van der Waals surface area contributed by atoms with Crippen LogP contribution in [0.5, 0.6) is 0 Å². The monoisotopic (exact) mass is 180 g/mol. The molecule has 1 aliphatic carbocycles. The van der Waals surface area contributed by atoms with Crippen LogP contribution in [-0.4, -0.2) is 6.18 Å². The van der Waals surface area contributed by atoms with Gasteiger partial charge >= 0.3 is 6.18 Å². The number of halogens is 3. The molecule has 12 heavy (non-hydrogen) atoms. The van der Waals surface area contributed by atoms with Crippen LogP contribution in [0.1, 0.15) is 33.6 Å². The first-order valence-corrected chi connectivity index (χ1v) is 4.32. The van der Waals surface area contributed by atoms with Crippen molar-refractivity contribution in [2.45, 2.75) is 39.8 Å². The molecule has 0 radical (unpaired) electrons. The standard InChI is InChI=1S/C9H15F3/c1-6-4-5-8(2,3)7(6)9(10,11)12/h6-7H,4-5H2,1-3H3. The highest BCUT2D eigenvalue weighted by atomic mass is 19.4. The van der Waals surface area contributed by atoms with Gasteiger partial charge in [-0.1, -0.05) is 20.8 Å². The second kappa shape index (κ2) is 2.64. The minimum atomic E-state index is -4.01.